The summed E-state index contributed by atoms with van der Waals surface area (Å²) < 4.78 is 0. The van der Waals surface area contributed by atoms with Gasteiger partial charge in [0.1, 0.15) is 0 Å². The fourth-order valence-corrected chi connectivity index (χ4v) is 1.23. The molecule has 5 nitrogen and oxygen atoms in total. The number of carbonyl (C=O) groups is 1. The monoisotopic (exact) mass is 360 g/mol. The number of carbonyl (C=O) groups excluding carboxylic acids is 1. The van der Waals surface area contributed by atoms with Crippen molar-refractivity contribution in [2.24, 2.45) is 16.5 Å². The molecule has 6 heteroatoms. The summed E-state index contributed by atoms with van der Waals surface area (Å²) >= 11 is 0. The first-order valence-corrected chi connectivity index (χ1v) is 5.17. The highest BCUT2D eigenvalue weighted by molar-refractivity contribution is 14.0. The number of amides is 1. The number of halogens is 1. The Morgan fingerprint density at radius 3 is 2.78 bits per heavy atom. The van der Waals surface area contributed by atoms with Crippen molar-refractivity contribution in [3.8, 4) is 0 Å². The molecular weight excluding hydrogens is 343 g/mol. The number of guanidine groups is 1. The fourth-order valence-electron chi connectivity index (χ4n) is 1.23. The van der Waals surface area contributed by atoms with Crippen molar-refractivity contribution in [2.45, 2.75) is 6.54 Å². The van der Waals surface area contributed by atoms with Crippen molar-refractivity contribution in [1.29, 1.82) is 0 Å². The maximum absolute atomic E-state index is 11.0. The molecular formula is C12H17IN4O. The Balaban J connectivity index is 0.00000289. The topological polar surface area (TPSA) is 93.5 Å². The SMILES string of the molecule is C=CCNC(N)=NCc1cccc(C(N)=O)c1.I. The van der Waals surface area contributed by atoms with Crippen LogP contribution < -0.4 is 16.8 Å². The van der Waals surface area contributed by atoms with Crippen molar-refractivity contribution in [3.05, 3.63) is 48.0 Å². The highest BCUT2D eigenvalue weighted by atomic mass is 127. The highest BCUT2D eigenvalue weighted by Crippen LogP contribution is 2.05. The lowest BCUT2D eigenvalue weighted by molar-refractivity contribution is 0.1000. The van der Waals surface area contributed by atoms with Crippen LogP contribution in [0.3, 0.4) is 0 Å². The quantitative estimate of drug-likeness (QED) is 0.316. The molecule has 0 saturated heterocycles. The Labute approximate surface area is 123 Å². The minimum absolute atomic E-state index is 0. The summed E-state index contributed by atoms with van der Waals surface area (Å²) in [5.74, 6) is -0.108. The molecule has 0 radical (unpaired) electrons. The molecule has 1 rings (SSSR count). The van der Waals surface area contributed by atoms with Crippen LogP contribution in [0.5, 0.6) is 0 Å². The van der Waals surface area contributed by atoms with Gasteiger partial charge in [0.2, 0.25) is 5.91 Å². The number of nitrogens with zero attached hydrogens (tertiary/aromatic N) is 1. The molecule has 0 saturated carbocycles. The maximum atomic E-state index is 11.0. The van der Waals surface area contributed by atoms with Gasteiger partial charge in [-0.05, 0) is 17.7 Å². The van der Waals surface area contributed by atoms with Crippen LogP contribution in [-0.2, 0) is 6.54 Å². The Morgan fingerprint density at radius 1 is 1.44 bits per heavy atom. The number of hydrogen-bond acceptors (Lipinski definition) is 2. The van der Waals surface area contributed by atoms with E-state index in [-0.39, 0.29) is 24.0 Å². The first kappa shape index (κ1) is 16.4. The molecule has 0 aliphatic rings. The zero-order valence-electron chi connectivity index (χ0n) is 9.93. The fraction of sp³-hybridized carbons (Fsp3) is 0.167. The second kappa shape index (κ2) is 8.51. The van der Waals surface area contributed by atoms with Crippen LogP contribution in [-0.4, -0.2) is 18.4 Å². The van der Waals surface area contributed by atoms with Crippen LogP contribution in [0, 0.1) is 0 Å². The van der Waals surface area contributed by atoms with Gasteiger partial charge in [0, 0.05) is 12.1 Å². The van der Waals surface area contributed by atoms with Crippen molar-refractivity contribution in [3.63, 3.8) is 0 Å². The Bertz CT molecular complexity index is 445. The standard InChI is InChI=1S/C12H16N4O.HI/c1-2-6-15-12(14)16-8-9-4-3-5-10(7-9)11(13)17;/h2-5,7H,1,6,8H2,(H2,13,17)(H3,14,15,16);1H. The maximum Gasteiger partial charge on any atom is 0.248 e. The molecule has 1 aromatic carbocycles. The van der Waals surface area contributed by atoms with Crippen molar-refractivity contribution in [1.82, 2.24) is 5.32 Å². The molecule has 0 fully saturated rings. The summed E-state index contributed by atoms with van der Waals surface area (Å²) in [6.07, 6.45) is 1.69. The predicted molar refractivity (Wildman–Crippen MR) is 83.9 cm³/mol. The number of nitrogens with two attached hydrogens (primary N) is 2. The number of hydrogen-bond donors (Lipinski definition) is 3. The van der Waals surface area contributed by atoms with E-state index in [0.29, 0.717) is 24.6 Å². The smallest absolute Gasteiger partial charge is 0.248 e. The van der Waals surface area contributed by atoms with E-state index in [9.17, 15) is 4.79 Å². The Morgan fingerprint density at radius 2 is 2.17 bits per heavy atom. The van der Waals surface area contributed by atoms with E-state index in [1.54, 1.807) is 24.3 Å². The largest absolute Gasteiger partial charge is 0.370 e. The van der Waals surface area contributed by atoms with Crippen LogP contribution in [0.15, 0.2) is 41.9 Å². The van der Waals surface area contributed by atoms with Gasteiger partial charge in [0.05, 0.1) is 6.54 Å². The Hall–Kier alpha value is -1.57. The van der Waals surface area contributed by atoms with Crippen LogP contribution in [0.25, 0.3) is 0 Å². The van der Waals surface area contributed by atoms with E-state index >= 15 is 0 Å². The third kappa shape index (κ3) is 5.67. The third-order valence-electron chi connectivity index (χ3n) is 2.07. The van der Waals surface area contributed by atoms with Gasteiger partial charge in [-0.3, -0.25) is 4.79 Å². The van der Waals surface area contributed by atoms with Gasteiger partial charge in [0.25, 0.3) is 0 Å². The molecule has 0 aliphatic carbocycles. The zero-order chi connectivity index (χ0) is 12.7. The van der Waals surface area contributed by atoms with E-state index < -0.39 is 5.91 Å². The van der Waals surface area contributed by atoms with Gasteiger partial charge < -0.3 is 16.8 Å². The summed E-state index contributed by atoms with van der Waals surface area (Å²) in [5, 5.41) is 2.86. The molecule has 98 valence electrons. The van der Waals surface area contributed by atoms with E-state index in [2.05, 4.69) is 16.9 Å². The second-order valence-corrected chi connectivity index (χ2v) is 3.44. The van der Waals surface area contributed by atoms with E-state index in [0.717, 1.165) is 5.56 Å². The number of aliphatic imine (C=N–C) groups is 1. The van der Waals surface area contributed by atoms with Gasteiger partial charge in [-0.1, -0.05) is 18.2 Å². The third-order valence-corrected chi connectivity index (χ3v) is 2.07. The van der Waals surface area contributed by atoms with Crippen LogP contribution >= 0.6 is 24.0 Å². The normalized spacial score (nSPS) is 10.3. The molecule has 0 bridgehead atoms. The predicted octanol–water partition coefficient (Wildman–Crippen LogP) is 0.994. The van der Waals surface area contributed by atoms with Crippen molar-refractivity contribution < 1.29 is 4.79 Å². The number of nitrogens with one attached hydrogen (secondary N) is 1. The molecule has 0 atom stereocenters. The van der Waals surface area contributed by atoms with E-state index in [4.69, 9.17) is 11.5 Å². The summed E-state index contributed by atoms with van der Waals surface area (Å²) in [6, 6.07) is 6.98. The van der Waals surface area contributed by atoms with Crippen LogP contribution in [0.2, 0.25) is 0 Å². The number of rotatable bonds is 5. The molecule has 0 aliphatic heterocycles. The lowest BCUT2D eigenvalue weighted by Gasteiger charge is -2.03. The molecule has 0 unspecified atom stereocenters. The molecule has 18 heavy (non-hydrogen) atoms. The zero-order valence-corrected chi connectivity index (χ0v) is 12.3. The van der Waals surface area contributed by atoms with Gasteiger partial charge in [0.15, 0.2) is 5.96 Å². The van der Waals surface area contributed by atoms with Crippen LogP contribution in [0.4, 0.5) is 0 Å². The average Bonchev–Trinajstić information content (AvgIpc) is 2.34. The first-order chi connectivity index (χ1) is 8.13. The summed E-state index contributed by atoms with van der Waals surface area (Å²) in [5.41, 5.74) is 12.1. The van der Waals surface area contributed by atoms with E-state index in [1.165, 1.54) is 0 Å². The average molecular weight is 360 g/mol. The summed E-state index contributed by atoms with van der Waals surface area (Å²) in [7, 11) is 0. The molecule has 1 aromatic rings. The van der Waals surface area contributed by atoms with Crippen LogP contribution in [0.1, 0.15) is 15.9 Å². The summed E-state index contributed by atoms with van der Waals surface area (Å²) in [6.45, 7) is 4.52. The van der Waals surface area contributed by atoms with Gasteiger partial charge in [-0.2, -0.15) is 0 Å². The highest BCUT2D eigenvalue weighted by Gasteiger charge is 2.00. The minimum atomic E-state index is -0.450. The summed E-state index contributed by atoms with van der Waals surface area (Å²) in [4.78, 5) is 15.1. The molecule has 0 aromatic heterocycles. The van der Waals surface area contributed by atoms with Gasteiger partial charge in [-0.25, -0.2) is 4.99 Å². The lowest BCUT2D eigenvalue weighted by Crippen LogP contribution is -2.31. The molecule has 1 amide bonds. The van der Waals surface area contributed by atoms with Gasteiger partial charge in [-0.15, -0.1) is 30.6 Å². The molecule has 0 spiro atoms. The second-order valence-electron chi connectivity index (χ2n) is 3.44. The molecule has 0 heterocycles. The van der Waals surface area contributed by atoms with Gasteiger partial charge >= 0.3 is 0 Å². The minimum Gasteiger partial charge on any atom is -0.370 e. The number of benzene rings is 1. The van der Waals surface area contributed by atoms with Crippen molar-refractivity contribution in [2.75, 3.05) is 6.54 Å². The lowest BCUT2D eigenvalue weighted by atomic mass is 10.1. The van der Waals surface area contributed by atoms with E-state index in [1.807, 2.05) is 6.07 Å². The Kier molecular flexibility index (Phi) is 7.77. The molecule has 5 N–H and O–H groups in total. The first-order valence-electron chi connectivity index (χ1n) is 5.17. The number of primary amides is 1. The van der Waals surface area contributed by atoms with Crippen molar-refractivity contribution >= 4 is 35.8 Å².